The minimum absolute atomic E-state index is 0.124. The molecule has 0 bridgehead atoms. The summed E-state index contributed by atoms with van der Waals surface area (Å²) in [5, 5.41) is 3.20. The van der Waals surface area contributed by atoms with Crippen molar-refractivity contribution in [3.05, 3.63) is 83.9 Å². The van der Waals surface area contributed by atoms with Crippen LogP contribution in [0.15, 0.2) is 72.8 Å². The van der Waals surface area contributed by atoms with Crippen molar-refractivity contribution in [2.75, 3.05) is 5.32 Å². The molecule has 0 atom stereocenters. The summed E-state index contributed by atoms with van der Waals surface area (Å²) < 4.78 is 48.9. The van der Waals surface area contributed by atoms with Crippen molar-refractivity contribution >= 4 is 36.1 Å². The van der Waals surface area contributed by atoms with Gasteiger partial charge < -0.3 is 9.74 Å². The number of anilines is 1. The maximum Gasteiger partial charge on any atom is 0.419 e. The Kier molecular flexibility index (Phi) is 5.44. The normalized spacial score (nSPS) is 14.1. The number of hydrogen-bond donors (Lipinski definition) is 1. The minimum atomic E-state index is -4.76. The van der Waals surface area contributed by atoms with Crippen LogP contribution in [-0.4, -0.2) is 20.0 Å². The van der Waals surface area contributed by atoms with Crippen LogP contribution in [0.2, 0.25) is 5.04 Å². The summed E-state index contributed by atoms with van der Waals surface area (Å²) in [7, 11) is -3.39. The van der Waals surface area contributed by atoms with Gasteiger partial charge in [-0.2, -0.15) is 13.2 Å². The molecule has 1 N–H and O–H groups in total. The van der Waals surface area contributed by atoms with Crippen molar-refractivity contribution < 1.29 is 27.2 Å². The number of ketones is 1. The number of hydrogen-bond acceptors (Lipinski definition) is 3. The summed E-state index contributed by atoms with van der Waals surface area (Å²) in [5.74, 6) is -2.30. The molecule has 0 fully saturated rings. The van der Waals surface area contributed by atoms with E-state index in [9.17, 15) is 22.8 Å². The summed E-state index contributed by atoms with van der Waals surface area (Å²) >= 11 is 0. The highest BCUT2D eigenvalue weighted by Gasteiger charge is 2.53. The molecule has 1 aliphatic rings. The smallest absolute Gasteiger partial charge is 0.419 e. The lowest BCUT2D eigenvalue weighted by molar-refractivity contribution is -0.138. The number of nitrogens with one attached hydrogen (secondary N) is 1. The van der Waals surface area contributed by atoms with Crippen molar-refractivity contribution in [2.24, 2.45) is 0 Å². The van der Waals surface area contributed by atoms with Gasteiger partial charge in [-0.3, -0.25) is 9.59 Å². The van der Waals surface area contributed by atoms with Crippen LogP contribution < -0.4 is 20.1 Å². The first kappa shape index (κ1) is 22.8. The fourth-order valence-corrected chi connectivity index (χ4v) is 8.72. The molecule has 4 nitrogen and oxygen atoms in total. The van der Waals surface area contributed by atoms with E-state index < -0.39 is 42.5 Å². The maximum atomic E-state index is 14.1. The zero-order valence-corrected chi connectivity index (χ0v) is 19.3. The van der Waals surface area contributed by atoms with Gasteiger partial charge in [-0.25, -0.2) is 0 Å². The van der Waals surface area contributed by atoms with Crippen LogP contribution in [0, 0.1) is 0 Å². The Balaban J connectivity index is 2.02. The summed E-state index contributed by atoms with van der Waals surface area (Å²) in [6.45, 7) is 5.82. The number of carbonyl (C=O) groups excluding carboxylic acids is 2. The second kappa shape index (κ2) is 7.88. The molecule has 33 heavy (non-hydrogen) atoms. The van der Waals surface area contributed by atoms with Crippen molar-refractivity contribution in [3.8, 4) is 5.75 Å². The highest BCUT2D eigenvalue weighted by atomic mass is 28.4. The maximum absolute atomic E-state index is 14.1. The number of rotatable bonds is 4. The lowest BCUT2D eigenvalue weighted by Gasteiger charge is -2.43. The number of fused-ring (bicyclic) bond motifs is 1. The molecule has 1 aliphatic heterocycles. The number of alkyl halides is 3. The first-order chi connectivity index (χ1) is 15.4. The van der Waals surface area contributed by atoms with Crippen LogP contribution in [0.3, 0.4) is 0 Å². The summed E-state index contributed by atoms with van der Waals surface area (Å²) in [6.07, 6.45) is -4.76. The number of Topliss-reactive ketones (excluding diaryl/α,β-unsaturated/α-hetero) is 1. The van der Waals surface area contributed by atoms with Gasteiger partial charge >= 0.3 is 14.5 Å². The molecule has 0 spiro atoms. The van der Waals surface area contributed by atoms with Gasteiger partial charge in [-0.1, -0.05) is 81.4 Å². The Hall–Kier alpha value is -3.39. The van der Waals surface area contributed by atoms with E-state index in [1.54, 1.807) is 0 Å². The molecule has 170 valence electrons. The van der Waals surface area contributed by atoms with Gasteiger partial charge in [-0.15, -0.1) is 0 Å². The van der Waals surface area contributed by atoms with E-state index in [-0.39, 0.29) is 11.3 Å². The standard InChI is InChI=1S/C25H22F3NO3Si/c1-24(2,3)33(16-10-6-4-7-11-16,17-12-8-5-9-13-17)32-21-14-18-20(29-23(31)22(18)30)15-19(21)25(26,27)28/h4-15H,1-3H3,(H,29,30,31). The van der Waals surface area contributed by atoms with Crippen LogP contribution >= 0.6 is 0 Å². The fraction of sp³-hybridized carbons (Fsp3) is 0.200. The Labute approximate surface area is 190 Å². The lowest BCUT2D eigenvalue weighted by Crippen LogP contribution is -2.69. The van der Waals surface area contributed by atoms with Crippen LogP contribution in [0.4, 0.5) is 18.9 Å². The number of amides is 1. The Morgan fingerprint density at radius 1 is 0.818 bits per heavy atom. The Morgan fingerprint density at radius 3 is 1.79 bits per heavy atom. The van der Waals surface area contributed by atoms with Crippen LogP contribution in [-0.2, 0) is 11.0 Å². The monoisotopic (exact) mass is 469 g/mol. The zero-order valence-electron chi connectivity index (χ0n) is 18.3. The van der Waals surface area contributed by atoms with Gasteiger partial charge in [0.1, 0.15) is 5.75 Å². The van der Waals surface area contributed by atoms with E-state index in [4.69, 9.17) is 4.43 Å². The lowest BCUT2D eigenvalue weighted by atomic mass is 10.1. The average molecular weight is 470 g/mol. The van der Waals surface area contributed by atoms with Crippen molar-refractivity contribution in [3.63, 3.8) is 0 Å². The molecule has 0 saturated heterocycles. The summed E-state index contributed by atoms with van der Waals surface area (Å²) in [5.41, 5.74) is -1.32. The number of benzene rings is 3. The average Bonchev–Trinajstić information content (AvgIpc) is 3.04. The predicted octanol–water partition coefficient (Wildman–Crippen LogP) is 4.78. The highest BCUT2D eigenvalue weighted by Crippen LogP contribution is 2.44. The molecule has 1 amide bonds. The molecule has 4 rings (SSSR count). The van der Waals surface area contributed by atoms with Crippen LogP contribution in [0.5, 0.6) is 5.75 Å². The van der Waals surface area contributed by atoms with Gasteiger partial charge in [0.2, 0.25) is 0 Å². The minimum Gasteiger partial charge on any atom is -0.534 e. The third-order valence-corrected chi connectivity index (χ3v) is 10.7. The summed E-state index contributed by atoms with van der Waals surface area (Å²) in [6, 6.07) is 20.3. The van der Waals surface area contributed by atoms with Crippen molar-refractivity contribution in [1.29, 1.82) is 0 Å². The SMILES string of the molecule is CC(C)(C)[Si](Oc1cc2c(cc1C(F)(F)F)NC(=O)C2=O)(c1ccccc1)c1ccccc1. The van der Waals surface area contributed by atoms with Gasteiger partial charge in [0.15, 0.2) is 0 Å². The largest absolute Gasteiger partial charge is 0.534 e. The Morgan fingerprint density at radius 2 is 1.33 bits per heavy atom. The molecule has 3 aromatic carbocycles. The van der Waals surface area contributed by atoms with Gasteiger partial charge in [0, 0.05) is 0 Å². The number of halogens is 3. The topological polar surface area (TPSA) is 55.4 Å². The quantitative estimate of drug-likeness (QED) is 0.442. The first-order valence-electron chi connectivity index (χ1n) is 10.4. The van der Waals surface area contributed by atoms with Gasteiger partial charge in [0.05, 0.1) is 16.8 Å². The van der Waals surface area contributed by atoms with Crippen LogP contribution in [0.25, 0.3) is 0 Å². The van der Waals surface area contributed by atoms with Crippen molar-refractivity contribution in [2.45, 2.75) is 32.0 Å². The summed E-state index contributed by atoms with van der Waals surface area (Å²) in [4.78, 5) is 24.1. The van der Waals surface area contributed by atoms with Crippen LogP contribution in [0.1, 0.15) is 36.7 Å². The molecule has 0 unspecified atom stereocenters. The molecule has 3 aromatic rings. The van der Waals surface area contributed by atoms with E-state index in [1.807, 2.05) is 81.4 Å². The van der Waals surface area contributed by atoms with E-state index in [0.29, 0.717) is 0 Å². The Bertz CT molecular complexity index is 1180. The van der Waals surface area contributed by atoms with Crippen molar-refractivity contribution in [1.82, 2.24) is 0 Å². The third kappa shape index (κ3) is 3.84. The number of carbonyl (C=O) groups is 2. The molecule has 8 heteroatoms. The second-order valence-electron chi connectivity index (χ2n) is 8.94. The van der Waals surface area contributed by atoms with E-state index >= 15 is 0 Å². The van der Waals surface area contributed by atoms with Gasteiger partial charge in [-0.05, 0) is 27.5 Å². The molecular formula is C25H22F3NO3Si. The molecule has 0 saturated carbocycles. The van der Waals surface area contributed by atoms with E-state index in [2.05, 4.69) is 5.32 Å². The molecule has 0 aromatic heterocycles. The molecule has 0 aliphatic carbocycles. The van der Waals surface area contributed by atoms with E-state index in [0.717, 1.165) is 22.5 Å². The third-order valence-electron chi connectivity index (χ3n) is 5.80. The second-order valence-corrected chi connectivity index (χ2v) is 13.2. The fourth-order valence-electron chi connectivity index (χ4n) is 4.29. The predicted molar refractivity (Wildman–Crippen MR) is 123 cm³/mol. The first-order valence-corrected chi connectivity index (χ1v) is 12.3. The van der Waals surface area contributed by atoms with E-state index in [1.165, 1.54) is 0 Å². The van der Waals surface area contributed by atoms with Gasteiger partial charge in [0.25, 0.3) is 11.7 Å². The zero-order chi connectivity index (χ0) is 24.0. The molecular weight excluding hydrogens is 447 g/mol. The molecule has 0 radical (unpaired) electrons. The molecule has 1 heterocycles. The highest BCUT2D eigenvalue weighted by molar-refractivity contribution is 7.00.